The molecule has 2 aromatic rings. The highest BCUT2D eigenvalue weighted by Gasteiger charge is 2.18. The van der Waals surface area contributed by atoms with Crippen LogP contribution in [0.25, 0.3) is 0 Å². The molecule has 1 aliphatic rings. The van der Waals surface area contributed by atoms with Crippen LogP contribution in [0.15, 0.2) is 24.3 Å². The average molecular weight is 360 g/mol. The van der Waals surface area contributed by atoms with Crippen molar-refractivity contribution in [3.05, 3.63) is 46.4 Å². The Labute approximate surface area is 152 Å². The first-order valence-corrected chi connectivity index (χ1v) is 8.67. The number of aromatic nitrogens is 2. The minimum absolute atomic E-state index is 0.263. The van der Waals surface area contributed by atoms with E-state index in [1.807, 2.05) is 19.1 Å². The van der Waals surface area contributed by atoms with Gasteiger partial charge in [0, 0.05) is 43.0 Å². The van der Waals surface area contributed by atoms with Crippen LogP contribution in [0.1, 0.15) is 21.9 Å². The molecule has 0 bridgehead atoms. The normalized spacial score (nSPS) is 15.3. The Balaban J connectivity index is 1.79. The van der Waals surface area contributed by atoms with Crippen molar-refractivity contribution in [2.24, 2.45) is 0 Å². The maximum absolute atomic E-state index is 12.6. The second-order valence-corrected chi connectivity index (χ2v) is 6.77. The van der Waals surface area contributed by atoms with Crippen LogP contribution in [0, 0.1) is 13.8 Å². The third kappa shape index (κ3) is 4.27. The number of piperazine rings is 1. The largest absolute Gasteiger partial charge is 0.354 e. The molecule has 0 atom stereocenters. The van der Waals surface area contributed by atoms with Crippen LogP contribution in [0.2, 0.25) is 5.02 Å². The standard InChI is InChI=1S/C18H22ClN5O/c1-12-4-5-14(10-15(12)19)22-18(25)16-11-17(21-13(2)20-16)24-8-6-23(3)7-9-24/h4-5,10-11H,6-9H2,1-3H3,(H,22,25). The SMILES string of the molecule is Cc1nc(C(=O)Nc2ccc(C)c(Cl)c2)cc(N2CCN(C)CC2)n1. The second-order valence-electron chi connectivity index (χ2n) is 6.37. The van der Waals surface area contributed by atoms with Crippen LogP contribution in [-0.4, -0.2) is 54.0 Å². The van der Waals surface area contributed by atoms with Crippen molar-refractivity contribution in [2.75, 3.05) is 43.4 Å². The molecule has 1 amide bonds. The zero-order chi connectivity index (χ0) is 18.0. The molecule has 1 saturated heterocycles. The number of rotatable bonds is 3. The summed E-state index contributed by atoms with van der Waals surface area (Å²) >= 11 is 6.12. The number of aryl methyl sites for hydroxylation is 2. The number of halogens is 1. The van der Waals surface area contributed by atoms with Crippen LogP contribution in [0.4, 0.5) is 11.5 Å². The zero-order valence-corrected chi connectivity index (χ0v) is 15.5. The van der Waals surface area contributed by atoms with Gasteiger partial charge in [0.25, 0.3) is 5.91 Å². The monoisotopic (exact) mass is 359 g/mol. The van der Waals surface area contributed by atoms with E-state index in [0.717, 1.165) is 37.6 Å². The maximum Gasteiger partial charge on any atom is 0.274 e. The fourth-order valence-electron chi connectivity index (χ4n) is 2.73. The van der Waals surface area contributed by atoms with E-state index in [2.05, 4.69) is 32.1 Å². The van der Waals surface area contributed by atoms with Gasteiger partial charge in [-0.15, -0.1) is 0 Å². The van der Waals surface area contributed by atoms with Gasteiger partial charge in [0.1, 0.15) is 17.3 Å². The molecular formula is C18H22ClN5O. The number of benzene rings is 1. The topological polar surface area (TPSA) is 61.4 Å². The summed E-state index contributed by atoms with van der Waals surface area (Å²) in [5.41, 5.74) is 1.98. The molecule has 6 nitrogen and oxygen atoms in total. The fraction of sp³-hybridized carbons (Fsp3) is 0.389. The van der Waals surface area contributed by atoms with Gasteiger partial charge in [0.05, 0.1) is 0 Å². The molecular weight excluding hydrogens is 338 g/mol. The van der Waals surface area contributed by atoms with Gasteiger partial charge in [-0.2, -0.15) is 0 Å². The lowest BCUT2D eigenvalue weighted by Gasteiger charge is -2.33. The van der Waals surface area contributed by atoms with Gasteiger partial charge in [0.15, 0.2) is 0 Å². The Hall–Kier alpha value is -2.18. The summed E-state index contributed by atoms with van der Waals surface area (Å²) in [5, 5.41) is 3.47. The van der Waals surface area contributed by atoms with Gasteiger partial charge in [-0.25, -0.2) is 9.97 Å². The van der Waals surface area contributed by atoms with Gasteiger partial charge in [-0.3, -0.25) is 4.79 Å². The summed E-state index contributed by atoms with van der Waals surface area (Å²) < 4.78 is 0. The number of carbonyl (C=O) groups excluding carboxylic acids is 1. The number of amides is 1. The van der Waals surface area contributed by atoms with E-state index in [4.69, 9.17) is 11.6 Å². The first-order chi connectivity index (χ1) is 11.9. The van der Waals surface area contributed by atoms with Crippen LogP contribution in [0.3, 0.4) is 0 Å². The minimum Gasteiger partial charge on any atom is -0.354 e. The fourth-order valence-corrected chi connectivity index (χ4v) is 2.91. The lowest BCUT2D eigenvalue weighted by atomic mass is 10.2. The predicted molar refractivity (Wildman–Crippen MR) is 101 cm³/mol. The third-order valence-electron chi connectivity index (χ3n) is 4.31. The summed E-state index contributed by atoms with van der Waals surface area (Å²) in [6.07, 6.45) is 0. The van der Waals surface area contributed by atoms with E-state index in [0.29, 0.717) is 22.2 Å². The smallest absolute Gasteiger partial charge is 0.274 e. The Morgan fingerprint density at radius 1 is 1.12 bits per heavy atom. The van der Waals surface area contributed by atoms with E-state index in [1.165, 1.54) is 0 Å². The Morgan fingerprint density at radius 3 is 2.52 bits per heavy atom. The van der Waals surface area contributed by atoms with Gasteiger partial charge in [-0.05, 0) is 38.6 Å². The summed E-state index contributed by atoms with van der Waals surface area (Å²) in [6, 6.07) is 7.20. The molecule has 1 fully saturated rings. The van der Waals surface area contributed by atoms with Crippen molar-refractivity contribution in [1.29, 1.82) is 0 Å². The van der Waals surface area contributed by atoms with Crippen LogP contribution >= 0.6 is 11.6 Å². The lowest BCUT2D eigenvalue weighted by Crippen LogP contribution is -2.45. The molecule has 0 aliphatic carbocycles. The average Bonchev–Trinajstić information content (AvgIpc) is 2.58. The molecule has 2 heterocycles. The molecule has 0 radical (unpaired) electrons. The molecule has 25 heavy (non-hydrogen) atoms. The second kappa shape index (κ2) is 7.37. The van der Waals surface area contributed by atoms with Crippen molar-refractivity contribution in [3.8, 4) is 0 Å². The van der Waals surface area contributed by atoms with Crippen molar-refractivity contribution in [2.45, 2.75) is 13.8 Å². The van der Waals surface area contributed by atoms with E-state index < -0.39 is 0 Å². The Morgan fingerprint density at radius 2 is 1.84 bits per heavy atom. The molecule has 1 N–H and O–H groups in total. The van der Waals surface area contributed by atoms with Crippen LogP contribution in [-0.2, 0) is 0 Å². The van der Waals surface area contributed by atoms with Gasteiger partial charge in [0.2, 0.25) is 0 Å². The maximum atomic E-state index is 12.6. The van der Waals surface area contributed by atoms with Crippen molar-refractivity contribution >= 4 is 29.0 Å². The molecule has 3 rings (SSSR count). The molecule has 0 spiro atoms. The molecule has 0 saturated carbocycles. The minimum atomic E-state index is -0.263. The van der Waals surface area contributed by atoms with E-state index in [-0.39, 0.29) is 5.91 Å². The van der Waals surface area contributed by atoms with Gasteiger partial charge >= 0.3 is 0 Å². The van der Waals surface area contributed by atoms with Crippen molar-refractivity contribution in [3.63, 3.8) is 0 Å². The van der Waals surface area contributed by atoms with E-state index in [1.54, 1.807) is 19.1 Å². The first-order valence-electron chi connectivity index (χ1n) is 8.29. The van der Waals surface area contributed by atoms with E-state index in [9.17, 15) is 4.79 Å². The molecule has 1 aromatic carbocycles. The summed E-state index contributed by atoms with van der Waals surface area (Å²) in [6.45, 7) is 7.46. The Bertz CT molecular complexity index is 787. The first kappa shape index (κ1) is 17.6. The number of nitrogens with one attached hydrogen (secondary N) is 1. The number of hydrogen-bond acceptors (Lipinski definition) is 5. The van der Waals surface area contributed by atoms with Crippen molar-refractivity contribution in [1.82, 2.24) is 14.9 Å². The van der Waals surface area contributed by atoms with Gasteiger partial charge in [-0.1, -0.05) is 17.7 Å². The molecule has 132 valence electrons. The summed E-state index contributed by atoms with van der Waals surface area (Å²) in [5.74, 6) is 1.12. The predicted octanol–water partition coefficient (Wildman–Crippen LogP) is 2.75. The number of likely N-dealkylation sites (N-methyl/N-ethyl adjacent to an activating group) is 1. The molecule has 1 aromatic heterocycles. The molecule has 0 unspecified atom stereocenters. The quantitative estimate of drug-likeness (QED) is 0.913. The summed E-state index contributed by atoms with van der Waals surface area (Å²) in [4.78, 5) is 25.8. The molecule has 1 aliphatic heterocycles. The third-order valence-corrected chi connectivity index (χ3v) is 4.72. The highest BCUT2D eigenvalue weighted by molar-refractivity contribution is 6.31. The summed E-state index contributed by atoms with van der Waals surface area (Å²) in [7, 11) is 2.11. The number of carbonyl (C=O) groups is 1. The van der Waals surface area contributed by atoms with Crippen LogP contribution in [0.5, 0.6) is 0 Å². The zero-order valence-electron chi connectivity index (χ0n) is 14.7. The number of anilines is 2. The highest BCUT2D eigenvalue weighted by atomic mass is 35.5. The van der Waals surface area contributed by atoms with Crippen molar-refractivity contribution < 1.29 is 4.79 Å². The van der Waals surface area contributed by atoms with E-state index >= 15 is 0 Å². The number of hydrogen-bond donors (Lipinski definition) is 1. The molecule has 7 heteroatoms. The Kier molecular flexibility index (Phi) is 5.20. The number of nitrogens with zero attached hydrogens (tertiary/aromatic N) is 4. The van der Waals surface area contributed by atoms with Crippen LogP contribution < -0.4 is 10.2 Å². The lowest BCUT2D eigenvalue weighted by molar-refractivity contribution is 0.102. The highest BCUT2D eigenvalue weighted by Crippen LogP contribution is 2.21. The van der Waals surface area contributed by atoms with Gasteiger partial charge < -0.3 is 15.1 Å².